The van der Waals surface area contributed by atoms with E-state index >= 15 is 0 Å². The molecule has 2 aliphatic carbocycles. The topological polar surface area (TPSA) is 13.1 Å². The van der Waals surface area contributed by atoms with Gasteiger partial charge < -0.3 is 4.42 Å². The summed E-state index contributed by atoms with van der Waals surface area (Å²) in [4.78, 5) is 0. The maximum Gasteiger partial charge on any atom is 0.136 e. The van der Waals surface area contributed by atoms with E-state index in [4.69, 9.17) is 23.6 Å². The van der Waals surface area contributed by atoms with Gasteiger partial charge in [-0.05, 0) is 107 Å². The Balaban J connectivity index is 1.31. The van der Waals surface area contributed by atoms with Gasteiger partial charge in [0.1, 0.15) is 11.2 Å². The second kappa shape index (κ2) is 10.9. The molecule has 1 nitrogen and oxygen atoms in total. The molecular formula is C51H36O. The van der Waals surface area contributed by atoms with Gasteiger partial charge in [-0.3, -0.25) is 0 Å². The fourth-order valence-corrected chi connectivity index (χ4v) is 7.28. The van der Waals surface area contributed by atoms with Gasteiger partial charge in [0.25, 0.3) is 0 Å². The summed E-state index contributed by atoms with van der Waals surface area (Å²) in [6.45, 7) is 3.04. The summed E-state index contributed by atoms with van der Waals surface area (Å²) < 4.78 is 263. The van der Waals surface area contributed by atoms with Crippen LogP contribution in [-0.2, 0) is 5.41 Å². The van der Waals surface area contributed by atoms with Crippen LogP contribution in [0, 0.1) is 0 Å². The van der Waals surface area contributed by atoms with Gasteiger partial charge in [0, 0.05) is 23.5 Å². The maximum atomic E-state index is 10.1. The van der Waals surface area contributed by atoms with Crippen molar-refractivity contribution in [2.45, 2.75) is 31.6 Å². The summed E-state index contributed by atoms with van der Waals surface area (Å²) in [5, 5.41) is -4.69. The molecule has 1 heteroatoms. The summed E-state index contributed by atoms with van der Waals surface area (Å²) in [6.07, 6.45) is -2.22. The average molecular weight is 693 g/mol. The predicted octanol–water partition coefficient (Wildman–Crippen LogP) is 14.1. The summed E-state index contributed by atoms with van der Waals surface area (Å²) in [6, 6.07) is -22.4. The first-order valence-electron chi connectivity index (χ1n) is 30.2. The van der Waals surface area contributed by atoms with Crippen molar-refractivity contribution in [1.29, 1.82) is 0 Å². The standard InChI is InChI=1S/C51H36O/c1-51(2)44-21-10-9-16-37(44)38-25-22-33(30-45(38)51)32-13-11-14-34(28-32)48-39-17-5-7-19-41(39)49(42-20-8-6-18-40(42)48)35-24-26-46-43(29-35)50-36-15-4-3-12-31(36)23-27-47(50)52-46/h3-27,29-30,32H,28H2,1-2H3/i3D,4D,5D,6D,7D,8D,9D,10D,11D,12D,13D,14D,15D,16D,17D,18D,19D,20D,21D,22D,23D,24D,25D,26D,27D,28D,29D,30D. The van der Waals surface area contributed by atoms with Crippen molar-refractivity contribution in [3.8, 4) is 22.3 Å². The van der Waals surface area contributed by atoms with Gasteiger partial charge in [0.05, 0.1) is 37.0 Å². The predicted molar refractivity (Wildman–Crippen MR) is 220 cm³/mol. The van der Waals surface area contributed by atoms with Crippen LogP contribution in [-0.4, -0.2) is 0 Å². The Hall–Kier alpha value is -6.18. The number of hydrogen-bond donors (Lipinski definition) is 0. The largest absolute Gasteiger partial charge is 0.456 e. The smallest absolute Gasteiger partial charge is 0.136 e. The van der Waals surface area contributed by atoms with Crippen LogP contribution in [0.5, 0.6) is 0 Å². The second-order valence-electron chi connectivity index (χ2n) is 12.9. The third-order valence-electron chi connectivity index (χ3n) is 9.68. The Kier molecular flexibility index (Phi) is 2.75. The Bertz CT molecular complexity index is 4520. The zero-order valence-electron chi connectivity index (χ0n) is 55.1. The molecule has 0 N–H and O–H groups in total. The van der Waals surface area contributed by atoms with Gasteiger partial charge in [-0.1, -0.05) is 159 Å². The normalized spacial score (nSPS) is 25.7. The first-order chi connectivity index (χ1) is 37.2. The highest BCUT2D eigenvalue weighted by molar-refractivity contribution is 6.22. The summed E-state index contributed by atoms with van der Waals surface area (Å²) in [7, 11) is 0. The molecule has 0 spiro atoms. The summed E-state index contributed by atoms with van der Waals surface area (Å²) in [5.74, 6) is -1.99. The molecule has 2 aliphatic rings. The van der Waals surface area contributed by atoms with E-state index in [9.17, 15) is 19.2 Å². The monoisotopic (exact) mass is 692 g/mol. The number of furan rings is 1. The fraction of sp³-hybridized carbons (Fsp3) is 0.0980. The van der Waals surface area contributed by atoms with Crippen LogP contribution >= 0.6 is 0 Å². The third-order valence-corrected chi connectivity index (χ3v) is 9.68. The molecule has 11 rings (SSSR count). The van der Waals surface area contributed by atoms with Crippen molar-refractivity contribution in [3.63, 3.8) is 0 Å². The molecule has 0 radical (unpaired) electrons. The van der Waals surface area contributed by atoms with Crippen molar-refractivity contribution in [1.82, 2.24) is 0 Å². The van der Waals surface area contributed by atoms with E-state index in [0.717, 1.165) is 0 Å². The molecule has 0 bridgehead atoms. The summed E-state index contributed by atoms with van der Waals surface area (Å²) in [5.41, 5.74) is -6.53. The molecular weight excluding hydrogens is 629 g/mol. The van der Waals surface area contributed by atoms with Crippen LogP contribution in [0.25, 0.3) is 82.1 Å². The lowest BCUT2D eigenvalue weighted by Crippen LogP contribution is -2.15. The summed E-state index contributed by atoms with van der Waals surface area (Å²) >= 11 is 0. The van der Waals surface area contributed by atoms with Crippen LogP contribution < -0.4 is 0 Å². The van der Waals surface area contributed by atoms with E-state index in [-0.39, 0.29) is 22.3 Å². The van der Waals surface area contributed by atoms with Crippen molar-refractivity contribution in [2.24, 2.45) is 0 Å². The first-order valence-corrected chi connectivity index (χ1v) is 16.1. The van der Waals surface area contributed by atoms with Gasteiger partial charge in [0.15, 0.2) is 0 Å². The molecule has 1 aromatic heterocycles. The van der Waals surface area contributed by atoms with E-state index < -0.39 is 263 Å². The van der Waals surface area contributed by atoms with Crippen LogP contribution in [0.2, 0.25) is 0 Å². The number of fused-ring (bicyclic) bond motifs is 10. The van der Waals surface area contributed by atoms with E-state index in [0.29, 0.717) is 0 Å². The van der Waals surface area contributed by atoms with Crippen molar-refractivity contribution < 1.29 is 42.8 Å². The molecule has 8 aromatic carbocycles. The second-order valence-corrected chi connectivity index (χ2v) is 12.9. The van der Waals surface area contributed by atoms with Gasteiger partial charge in [-0.25, -0.2) is 0 Å². The van der Waals surface area contributed by atoms with Gasteiger partial charge in [0.2, 0.25) is 0 Å². The van der Waals surface area contributed by atoms with Crippen LogP contribution in [0.1, 0.15) is 86.8 Å². The minimum atomic E-state index is -2.22. The van der Waals surface area contributed by atoms with E-state index in [1.54, 1.807) is 0 Å². The average Bonchev–Trinajstić information content (AvgIpc) is 3.19. The van der Waals surface area contributed by atoms with Crippen molar-refractivity contribution in [2.75, 3.05) is 0 Å². The third kappa shape index (κ3) is 4.17. The highest BCUT2D eigenvalue weighted by Crippen LogP contribution is 2.51. The SMILES string of the molecule is [2H]C1=C(c2c3c([2H])c([2H])c([2H])c([2H])c3c(-c3c([2H])c([2H])c4oc5c([2H])c([2H])c6c([2H])c([2H])c([2H])c([2H])c6c5c4c3[2H])c3c([2H])c([2H])c([2H])c([2H])c23)C([2H])C(c2c([2H])c([2H])c3c(c2[2H])C(C)(C)c2c([2H])c([2H])c([2H])c([2H])c2-3)C([2H])=C1[2H]. The lowest BCUT2D eigenvalue weighted by molar-refractivity contribution is 0.658. The van der Waals surface area contributed by atoms with E-state index in [1.165, 1.54) is 13.8 Å². The molecule has 1 heterocycles. The maximum absolute atomic E-state index is 10.1. The van der Waals surface area contributed by atoms with Crippen molar-refractivity contribution >= 4 is 59.8 Å². The van der Waals surface area contributed by atoms with Crippen LogP contribution in [0.3, 0.4) is 0 Å². The molecule has 0 aliphatic heterocycles. The molecule has 0 saturated heterocycles. The molecule has 52 heavy (non-hydrogen) atoms. The Morgan fingerprint density at radius 2 is 1.25 bits per heavy atom. The van der Waals surface area contributed by atoms with Gasteiger partial charge in [-0.15, -0.1) is 0 Å². The fourth-order valence-electron chi connectivity index (χ4n) is 7.28. The number of hydrogen-bond acceptors (Lipinski definition) is 1. The minimum Gasteiger partial charge on any atom is -0.456 e. The minimum absolute atomic E-state index is 0.00469. The van der Waals surface area contributed by atoms with Crippen LogP contribution in [0.4, 0.5) is 0 Å². The van der Waals surface area contributed by atoms with Gasteiger partial charge >= 0.3 is 0 Å². The number of rotatable bonds is 3. The number of benzene rings is 8. The molecule has 246 valence electrons. The molecule has 2 unspecified atom stereocenters. The quantitative estimate of drug-likeness (QED) is 0.168. The van der Waals surface area contributed by atoms with E-state index in [2.05, 4.69) is 0 Å². The lowest BCUT2D eigenvalue weighted by atomic mass is 9.78. The number of allylic oxidation sites excluding steroid dienone is 4. The Morgan fingerprint density at radius 1 is 0.596 bits per heavy atom. The lowest BCUT2D eigenvalue weighted by Gasteiger charge is -2.25. The highest BCUT2D eigenvalue weighted by atomic mass is 16.3. The molecule has 0 amide bonds. The molecule has 2 atom stereocenters. The highest BCUT2D eigenvalue weighted by Gasteiger charge is 2.35. The van der Waals surface area contributed by atoms with Crippen LogP contribution in [0.15, 0.2) is 168 Å². The Labute approximate surface area is 342 Å². The van der Waals surface area contributed by atoms with Gasteiger partial charge in [-0.2, -0.15) is 0 Å². The zero-order valence-corrected chi connectivity index (χ0v) is 27.1. The molecule has 0 saturated carbocycles. The Morgan fingerprint density at radius 3 is 2.04 bits per heavy atom. The van der Waals surface area contributed by atoms with E-state index in [1.807, 2.05) is 0 Å². The zero-order chi connectivity index (χ0) is 58.9. The molecule has 9 aromatic rings. The van der Waals surface area contributed by atoms with Crippen molar-refractivity contribution in [3.05, 3.63) is 185 Å². The first kappa shape index (κ1) is 13.1. The molecule has 0 fully saturated rings.